The van der Waals surface area contributed by atoms with Crippen LogP contribution in [0.1, 0.15) is 18.9 Å². The highest BCUT2D eigenvalue weighted by Crippen LogP contribution is 2.43. The first-order valence-corrected chi connectivity index (χ1v) is 8.03. The number of aromatic nitrogens is 1. The van der Waals surface area contributed by atoms with E-state index in [9.17, 15) is 0 Å². The first-order valence-electron chi connectivity index (χ1n) is 7.27. The van der Waals surface area contributed by atoms with Gasteiger partial charge in [0.05, 0.1) is 5.84 Å². The van der Waals surface area contributed by atoms with Crippen LogP contribution in [0.25, 0.3) is 21.8 Å². The zero-order valence-electron chi connectivity index (χ0n) is 11.8. The summed E-state index contributed by atoms with van der Waals surface area (Å²) in [5.74, 6) is 0.500. The van der Waals surface area contributed by atoms with Gasteiger partial charge in [-0.2, -0.15) is 0 Å². The van der Waals surface area contributed by atoms with Crippen LogP contribution in [0, 0.1) is 11.3 Å². The lowest BCUT2D eigenvalue weighted by Crippen LogP contribution is -2.35. The highest BCUT2D eigenvalue weighted by atomic mass is 35.5. The predicted molar refractivity (Wildman–Crippen MR) is 93.1 cm³/mol. The van der Waals surface area contributed by atoms with E-state index in [4.69, 9.17) is 34.3 Å². The van der Waals surface area contributed by atoms with Gasteiger partial charge in [0.15, 0.2) is 0 Å². The van der Waals surface area contributed by atoms with Crippen molar-refractivity contribution in [2.75, 3.05) is 0 Å². The number of nitrogens with two attached hydrogens (primary N) is 1. The third-order valence-corrected chi connectivity index (χ3v) is 5.11. The van der Waals surface area contributed by atoms with Crippen molar-refractivity contribution in [1.29, 1.82) is 5.41 Å². The second-order valence-electron chi connectivity index (χ2n) is 5.97. The van der Waals surface area contributed by atoms with E-state index in [-0.39, 0.29) is 5.92 Å². The van der Waals surface area contributed by atoms with Crippen LogP contribution in [0.4, 0.5) is 0 Å². The summed E-state index contributed by atoms with van der Waals surface area (Å²) in [4.78, 5) is 0. The molecule has 1 aromatic heterocycles. The Hall–Kier alpha value is -1.71. The topological polar surface area (TPSA) is 54.8 Å². The zero-order chi connectivity index (χ0) is 15.4. The summed E-state index contributed by atoms with van der Waals surface area (Å²) < 4.78 is 2.34. The maximum Gasteiger partial charge on any atom is 0.0938 e. The number of rotatable bonds is 2. The number of halogens is 2. The highest BCUT2D eigenvalue weighted by Gasteiger charge is 2.34. The lowest BCUT2D eigenvalue weighted by Gasteiger charge is -2.36. The van der Waals surface area contributed by atoms with Crippen molar-refractivity contribution in [3.05, 3.63) is 46.4 Å². The number of fused-ring (bicyclic) bond motifs is 3. The number of hydrogen-bond acceptors (Lipinski definition) is 1. The van der Waals surface area contributed by atoms with Gasteiger partial charge in [0.25, 0.3) is 0 Å². The molecule has 0 atom stereocenters. The van der Waals surface area contributed by atoms with Crippen molar-refractivity contribution in [2.24, 2.45) is 11.7 Å². The summed E-state index contributed by atoms with van der Waals surface area (Å²) in [6.45, 7) is 0. The molecule has 0 spiro atoms. The van der Waals surface area contributed by atoms with Crippen LogP contribution in [0.3, 0.4) is 0 Å². The molecule has 1 aliphatic carbocycles. The molecule has 2 aromatic carbocycles. The Morgan fingerprint density at radius 1 is 1.00 bits per heavy atom. The van der Waals surface area contributed by atoms with Crippen LogP contribution in [0.2, 0.25) is 10.0 Å². The fraction of sp³-hybridized carbons (Fsp3) is 0.235. The van der Waals surface area contributed by atoms with E-state index in [2.05, 4.69) is 16.7 Å². The van der Waals surface area contributed by atoms with Crippen LogP contribution >= 0.6 is 23.2 Å². The van der Waals surface area contributed by atoms with E-state index in [1.807, 2.05) is 24.3 Å². The Kier molecular flexibility index (Phi) is 3.10. The molecular weight excluding hydrogens is 317 g/mol. The highest BCUT2D eigenvalue weighted by molar-refractivity contribution is 6.33. The molecule has 3 aromatic rings. The molecule has 3 N–H and O–H groups in total. The Labute approximate surface area is 138 Å². The lowest BCUT2D eigenvalue weighted by atomic mass is 9.79. The minimum Gasteiger partial charge on any atom is -0.387 e. The standard InChI is InChI=1S/C17H15Cl2N3/c18-10-1-3-15-13(7-10)14-8-11(19)2-4-16(14)22(15)12-5-9(6-12)17(20)21/h1-4,7-9,12H,5-6H2,(H3,20,21). The number of hydrogen-bond donors (Lipinski definition) is 2. The van der Waals surface area contributed by atoms with Gasteiger partial charge in [-0.1, -0.05) is 23.2 Å². The van der Waals surface area contributed by atoms with E-state index in [0.717, 1.165) is 44.7 Å². The number of amidine groups is 1. The van der Waals surface area contributed by atoms with Crippen LogP contribution in [0.5, 0.6) is 0 Å². The normalized spacial score (nSPS) is 21.2. The molecule has 0 aliphatic heterocycles. The molecule has 0 unspecified atom stereocenters. The van der Waals surface area contributed by atoms with E-state index in [0.29, 0.717) is 11.9 Å². The molecule has 4 rings (SSSR count). The molecule has 0 amide bonds. The van der Waals surface area contributed by atoms with Crippen LogP contribution < -0.4 is 5.73 Å². The van der Waals surface area contributed by atoms with E-state index in [1.54, 1.807) is 0 Å². The van der Waals surface area contributed by atoms with Crippen molar-refractivity contribution in [1.82, 2.24) is 4.57 Å². The van der Waals surface area contributed by atoms with Gasteiger partial charge in [0.2, 0.25) is 0 Å². The predicted octanol–water partition coefficient (Wildman–Crippen LogP) is 4.99. The van der Waals surface area contributed by atoms with E-state index in [1.165, 1.54) is 0 Å². The average molecular weight is 332 g/mol. The van der Waals surface area contributed by atoms with Gasteiger partial charge < -0.3 is 10.3 Å². The quantitative estimate of drug-likeness (QED) is 0.504. The summed E-state index contributed by atoms with van der Waals surface area (Å²) in [5, 5.41) is 11.3. The summed E-state index contributed by atoms with van der Waals surface area (Å²) in [5.41, 5.74) is 7.94. The lowest BCUT2D eigenvalue weighted by molar-refractivity contribution is 0.268. The first kappa shape index (κ1) is 13.9. The Balaban J connectivity index is 1.94. The summed E-state index contributed by atoms with van der Waals surface area (Å²) in [6, 6.07) is 12.3. The second-order valence-corrected chi connectivity index (χ2v) is 6.84. The smallest absolute Gasteiger partial charge is 0.0938 e. The molecular formula is C17H15Cl2N3. The Morgan fingerprint density at radius 3 is 1.95 bits per heavy atom. The second kappa shape index (κ2) is 4.90. The number of nitrogens with zero attached hydrogens (tertiary/aromatic N) is 1. The van der Waals surface area contributed by atoms with Gasteiger partial charge in [-0.15, -0.1) is 0 Å². The summed E-state index contributed by atoms with van der Waals surface area (Å²) in [6.07, 6.45) is 1.83. The van der Waals surface area contributed by atoms with Crippen molar-refractivity contribution in [2.45, 2.75) is 18.9 Å². The molecule has 1 saturated carbocycles. The maximum atomic E-state index is 7.58. The molecule has 0 radical (unpaired) electrons. The van der Waals surface area contributed by atoms with Gasteiger partial charge in [-0.05, 0) is 49.2 Å². The van der Waals surface area contributed by atoms with Gasteiger partial charge in [0, 0.05) is 43.8 Å². The first-order chi connectivity index (χ1) is 10.5. The Morgan fingerprint density at radius 2 is 1.50 bits per heavy atom. The van der Waals surface area contributed by atoms with Crippen LogP contribution in [-0.2, 0) is 0 Å². The van der Waals surface area contributed by atoms with Crippen molar-refractivity contribution in [3.63, 3.8) is 0 Å². The molecule has 0 saturated heterocycles. The molecule has 5 heteroatoms. The van der Waals surface area contributed by atoms with Crippen LogP contribution in [-0.4, -0.2) is 10.4 Å². The average Bonchev–Trinajstić information content (AvgIpc) is 2.71. The monoisotopic (exact) mass is 331 g/mol. The fourth-order valence-electron chi connectivity index (χ4n) is 3.44. The molecule has 1 heterocycles. The molecule has 22 heavy (non-hydrogen) atoms. The summed E-state index contributed by atoms with van der Waals surface area (Å²) >= 11 is 12.3. The van der Waals surface area contributed by atoms with E-state index < -0.39 is 0 Å². The zero-order valence-corrected chi connectivity index (χ0v) is 13.3. The Bertz CT molecular complexity index is 848. The van der Waals surface area contributed by atoms with Crippen molar-refractivity contribution < 1.29 is 0 Å². The molecule has 3 nitrogen and oxygen atoms in total. The third kappa shape index (κ3) is 2.00. The maximum absolute atomic E-state index is 7.58. The number of benzene rings is 2. The van der Waals surface area contributed by atoms with Crippen LogP contribution in [0.15, 0.2) is 36.4 Å². The fourth-order valence-corrected chi connectivity index (χ4v) is 3.79. The van der Waals surface area contributed by atoms with Crippen molar-refractivity contribution >= 4 is 50.8 Å². The SMILES string of the molecule is N=C(N)C1CC(n2c3ccc(Cl)cc3c3cc(Cl)ccc32)C1. The molecule has 1 fully saturated rings. The third-order valence-electron chi connectivity index (χ3n) is 4.64. The largest absolute Gasteiger partial charge is 0.387 e. The van der Waals surface area contributed by atoms with E-state index >= 15 is 0 Å². The van der Waals surface area contributed by atoms with Gasteiger partial charge in [-0.3, -0.25) is 5.41 Å². The number of nitrogens with one attached hydrogen (secondary N) is 1. The molecule has 0 bridgehead atoms. The minimum atomic E-state index is 0.206. The molecule has 112 valence electrons. The van der Waals surface area contributed by atoms with Gasteiger partial charge in [0.1, 0.15) is 0 Å². The van der Waals surface area contributed by atoms with Crippen molar-refractivity contribution in [3.8, 4) is 0 Å². The minimum absolute atomic E-state index is 0.206. The molecule has 1 aliphatic rings. The van der Waals surface area contributed by atoms with Gasteiger partial charge >= 0.3 is 0 Å². The summed E-state index contributed by atoms with van der Waals surface area (Å²) in [7, 11) is 0. The van der Waals surface area contributed by atoms with Gasteiger partial charge in [-0.25, -0.2) is 0 Å².